The standard InChI is InChI=1S/C26H21NO/c1-3-8-18(4-2)19-9-7-10-21(15-19)27-24-12-6-5-11-22(24)23-17-26-20(13-14-28-26)16-25(23)27/h3-7,9-18H,1-2,8H2. The van der Waals surface area contributed by atoms with E-state index in [9.17, 15) is 0 Å². The van der Waals surface area contributed by atoms with Crippen molar-refractivity contribution < 1.29 is 4.42 Å². The van der Waals surface area contributed by atoms with Crippen LogP contribution in [0.25, 0.3) is 38.5 Å². The van der Waals surface area contributed by atoms with E-state index in [1.807, 2.05) is 18.2 Å². The molecule has 2 heteroatoms. The summed E-state index contributed by atoms with van der Waals surface area (Å²) in [6, 6.07) is 23.7. The van der Waals surface area contributed by atoms with Gasteiger partial charge in [-0.1, -0.05) is 42.5 Å². The Morgan fingerprint density at radius 1 is 0.893 bits per heavy atom. The third kappa shape index (κ3) is 2.49. The van der Waals surface area contributed by atoms with Gasteiger partial charge < -0.3 is 8.98 Å². The van der Waals surface area contributed by atoms with Gasteiger partial charge in [0.15, 0.2) is 0 Å². The predicted molar refractivity (Wildman–Crippen MR) is 118 cm³/mol. The minimum atomic E-state index is 0.270. The number of rotatable bonds is 5. The first-order chi connectivity index (χ1) is 13.8. The van der Waals surface area contributed by atoms with Crippen molar-refractivity contribution >= 4 is 32.8 Å². The average molecular weight is 363 g/mol. The van der Waals surface area contributed by atoms with E-state index >= 15 is 0 Å². The first-order valence-electron chi connectivity index (χ1n) is 9.54. The Kier molecular flexibility index (Phi) is 3.91. The maximum atomic E-state index is 5.65. The van der Waals surface area contributed by atoms with Crippen molar-refractivity contribution in [3.05, 3.63) is 104 Å². The van der Waals surface area contributed by atoms with Gasteiger partial charge in [0, 0.05) is 27.8 Å². The SMILES string of the molecule is C=CCC(C=C)c1cccc(-n2c3ccccc3c3cc4occc4cc32)c1. The maximum Gasteiger partial charge on any atom is 0.134 e. The molecule has 0 spiro atoms. The van der Waals surface area contributed by atoms with Crippen LogP contribution in [0.15, 0.2) is 103 Å². The highest BCUT2D eigenvalue weighted by Gasteiger charge is 2.15. The molecule has 28 heavy (non-hydrogen) atoms. The molecule has 1 unspecified atom stereocenters. The fourth-order valence-electron chi connectivity index (χ4n) is 4.15. The zero-order chi connectivity index (χ0) is 19.1. The summed E-state index contributed by atoms with van der Waals surface area (Å²) in [5, 5.41) is 3.55. The highest BCUT2D eigenvalue weighted by Crippen LogP contribution is 2.35. The third-order valence-corrected chi connectivity index (χ3v) is 5.51. The molecule has 0 fully saturated rings. The molecule has 0 N–H and O–H groups in total. The molecule has 3 aromatic carbocycles. The Bertz CT molecular complexity index is 1330. The molecule has 0 saturated carbocycles. The summed E-state index contributed by atoms with van der Waals surface area (Å²) in [7, 11) is 0. The van der Waals surface area contributed by atoms with Crippen LogP contribution >= 0.6 is 0 Å². The van der Waals surface area contributed by atoms with Gasteiger partial charge in [0.25, 0.3) is 0 Å². The van der Waals surface area contributed by atoms with Crippen LogP contribution in [-0.4, -0.2) is 4.57 Å². The highest BCUT2D eigenvalue weighted by molar-refractivity contribution is 6.12. The minimum Gasteiger partial charge on any atom is -0.464 e. The third-order valence-electron chi connectivity index (χ3n) is 5.51. The monoisotopic (exact) mass is 363 g/mol. The molecule has 0 aliphatic carbocycles. The van der Waals surface area contributed by atoms with Crippen LogP contribution < -0.4 is 0 Å². The van der Waals surface area contributed by atoms with Crippen LogP contribution in [0.4, 0.5) is 0 Å². The molecule has 0 aliphatic heterocycles. The van der Waals surface area contributed by atoms with Crippen molar-refractivity contribution in [1.29, 1.82) is 0 Å². The van der Waals surface area contributed by atoms with Gasteiger partial charge >= 0.3 is 0 Å². The highest BCUT2D eigenvalue weighted by atomic mass is 16.3. The fraction of sp³-hybridized carbons (Fsp3) is 0.0769. The van der Waals surface area contributed by atoms with E-state index in [0.29, 0.717) is 0 Å². The quantitative estimate of drug-likeness (QED) is 0.298. The molecular formula is C26H21NO. The number of aromatic nitrogens is 1. The predicted octanol–water partition coefficient (Wildman–Crippen LogP) is 7.38. The lowest BCUT2D eigenvalue weighted by molar-refractivity contribution is 0.616. The van der Waals surface area contributed by atoms with Gasteiger partial charge in [-0.15, -0.1) is 13.2 Å². The van der Waals surface area contributed by atoms with Crippen LogP contribution in [-0.2, 0) is 0 Å². The molecule has 136 valence electrons. The fourth-order valence-corrected chi connectivity index (χ4v) is 4.15. The summed E-state index contributed by atoms with van der Waals surface area (Å²) < 4.78 is 7.99. The summed E-state index contributed by atoms with van der Waals surface area (Å²) >= 11 is 0. The Hall–Kier alpha value is -3.52. The maximum absolute atomic E-state index is 5.65. The average Bonchev–Trinajstić information content (AvgIpc) is 3.32. The summed E-state index contributed by atoms with van der Waals surface area (Å²) in [6.07, 6.45) is 6.59. The molecule has 0 bridgehead atoms. The van der Waals surface area contributed by atoms with E-state index in [2.05, 4.69) is 78.4 Å². The zero-order valence-electron chi connectivity index (χ0n) is 15.6. The Morgan fingerprint density at radius 2 is 1.79 bits per heavy atom. The topological polar surface area (TPSA) is 18.1 Å². The van der Waals surface area contributed by atoms with Crippen LogP contribution in [0.1, 0.15) is 17.9 Å². The van der Waals surface area contributed by atoms with Gasteiger partial charge in [-0.2, -0.15) is 0 Å². The summed E-state index contributed by atoms with van der Waals surface area (Å²) in [6.45, 7) is 7.90. The number of para-hydroxylation sites is 1. The second kappa shape index (κ2) is 6.58. The lowest BCUT2D eigenvalue weighted by atomic mass is 9.95. The molecule has 2 heterocycles. The van der Waals surface area contributed by atoms with Crippen molar-refractivity contribution in [2.75, 3.05) is 0 Å². The summed E-state index contributed by atoms with van der Waals surface area (Å²) in [5.41, 5.74) is 5.71. The number of benzene rings is 3. The van der Waals surface area contributed by atoms with Crippen LogP contribution in [0, 0.1) is 0 Å². The minimum absolute atomic E-state index is 0.270. The largest absolute Gasteiger partial charge is 0.464 e. The smallest absolute Gasteiger partial charge is 0.134 e. The van der Waals surface area contributed by atoms with Gasteiger partial charge in [-0.25, -0.2) is 0 Å². The van der Waals surface area contributed by atoms with E-state index in [0.717, 1.165) is 23.1 Å². The first kappa shape index (κ1) is 16.6. The molecule has 5 rings (SSSR count). The van der Waals surface area contributed by atoms with Gasteiger partial charge in [0.2, 0.25) is 0 Å². The first-order valence-corrected chi connectivity index (χ1v) is 9.54. The molecule has 0 amide bonds. The van der Waals surface area contributed by atoms with E-state index in [-0.39, 0.29) is 5.92 Å². The van der Waals surface area contributed by atoms with E-state index < -0.39 is 0 Å². The Labute approximate surface area is 164 Å². The van der Waals surface area contributed by atoms with Gasteiger partial charge in [0.1, 0.15) is 5.58 Å². The Morgan fingerprint density at radius 3 is 2.64 bits per heavy atom. The van der Waals surface area contributed by atoms with Gasteiger partial charge in [-0.3, -0.25) is 0 Å². The number of hydrogen-bond donors (Lipinski definition) is 0. The molecule has 2 aromatic heterocycles. The number of fused-ring (bicyclic) bond motifs is 4. The summed E-state index contributed by atoms with van der Waals surface area (Å²) in [5.74, 6) is 0.270. The number of hydrogen-bond acceptors (Lipinski definition) is 1. The molecule has 2 nitrogen and oxygen atoms in total. The Balaban J connectivity index is 1.82. The number of allylic oxidation sites excluding steroid dienone is 2. The van der Waals surface area contributed by atoms with Crippen LogP contribution in [0.2, 0.25) is 0 Å². The van der Waals surface area contributed by atoms with Crippen LogP contribution in [0.5, 0.6) is 0 Å². The van der Waals surface area contributed by atoms with Crippen molar-refractivity contribution in [3.63, 3.8) is 0 Å². The van der Waals surface area contributed by atoms with E-state index in [1.54, 1.807) is 6.26 Å². The van der Waals surface area contributed by atoms with Crippen LogP contribution in [0.3, 0.4) is 0 Å². The van der Waals surface area contributed by atoms with Crippen molar-refractivity contribution in [2.24, 2.45) is 0 Å². The molecular weight excluding hydrogens is 342 g/mol. The van der Waals surface area contributed by atoms with E-state index in [1.165, 1.54) is 27.4 Å². The molecule has 0 radical (unpaired) electrons. The van der Waals surface area contributed by atoms with Crippen molar-refractivity contribution in [3.8, 4) is 5.69 Å². The second-order valence-corrected chi connectivity index (χ2v) is 7.14. The lowest BCUT2D eigenvalue weighted by Gasteiger charge is -2.14. The number of furan rings is 1. The zero-order valence-corrected chi connectivity index (χ0v) is 15.6. The van der Waals surface area contributed by atoms with Gasteiger partial charge in [0.05, 0.1) is 17.3 Å². The molecule has 5 aromatic rings. The normalized spacial score (nSPS) is 12.6. The number of nitrogens with zero attached hydrogens (tertiary/aromatic N) is 1. The van der Waals surface area contributed by atoms with Crippen molar-refractivity contribution in [2.45, 2.75) is 12.3 Å². The molecule has 0 saturated heterocycles. The lowest BCUT2D eigenvalue weighted by Crippen LogP contribution is -1.98. The molecule has 0 aliphatic rings. The van der Waals surface area contributed by atoms with E-state index in [4.69, 9.17) is 4.42 Å². The van der Waals surface area contributed by atoms with Gasteiger partial charge in [-0.05, 0) is 48.4 Å². The second-order valence-electron chi connectivity index (χ2n) is 7.14. The molecule has 1 atom stereocenters. The van der Waals surface area contributed by atoms with Crippen molar-refractivity contribution in [1.82, 2.24) is 4.57 Å². The summed E-state index contributed by atoms with van der Waals surface area (Å²) in [4.78, 5) is 0.